The van der Waals surface area contributed by atoms with Crippen LogP contribution < -0.4 is 15.8 Å². The van der Waals surface area contributed by atoms with Gasteiger partial charge in [-0.2, -0.15) is 4.98 Å². The van der Waals surface area contributed by atoms with Crippen molar-refractivity contribution in [1.82, 2.24) is 19.8 Å². The van der Waals surface area contributed by atoms with Crippen LogP contribution in [-0.2, 0) is 6.54 Å². The zero-order chi connectivity index (χ0) is 11.9. The molecule has 3 heterocycles. The molecule has 1 saturated heterocycles. The largest absolute Gasteiger partial charge is 0.455 e. The molecule has 0 radical (unpaired) electrons. The van der Waals surface area contributed by atoms with Crippen LogP contribution in [0.4, 0.5) is 5.82 Å². The van der Waals surface area contributed by atoms with Crippen LogP contribution in [0.2, 0.25) is 0 Å². The Balaban J connectivity index is 1.66. The predicted molar refractivity (Wildman–Crippen MR) is 65.0 cm³/mol. The first-order valence-corrected chi connectivity index (χ1v) is 6.09. The Morgan fingerprint density at radius 1 is 1.53 bits per heavy atom. The number of anilines is 1. The van der Waals surface area contributed by atoms with Crippen molar-refractivity contribution >= 4 is 5.82 Å². The lowest BCUT2D eigenvalue weighted by Gasteiger charge is -2.33. The average Bonchev–Trinajstić information content (AvgIpc) is 2.72. The molecule has 3 N–H and O–H groups in total. The Morgan fingerprint density at radius 2 is 2.29 bits per heavy atom. The number of piperazine rings is 1. The summed E-state index contributed by atoms with van der Waals surface area (Å²) in [4.78, 5) is 6.60. The fourth-order valence-corrected chi connectivity index (χ4v) is 2.65. The van der Waals surface area contributed by atoms with E-state index in [0.29, 0.717) is 11.8 Å². The van der Waals surface area contributed by atoms with Crippen molar-refractivity contribution < 1.29 is 4.74 Å². The highest BCUT2D eigenvalue weighted by Crippen LogP contribution is 2.29. The third kappa shape index (κ3) is 2.10. The maximum atomic E-state index is 5.93. The highest BCUT2D eigenvalue weighted by molar-refractivity contribution is 5.30. The molecule has 0 amide bonds. The molecule has 1 aromatic heterocycles. The van der Waals surface area contributed by atoms with E-state index in [2.05, 4.69) is 22.1 Å². The molecule has 0 spiro atoms. The van der Waals surface area contributed by atoms with Crippen LogP contribution in [0.3, 0.4) is 0 Å². The monoisotopic (exact) mass is 237 g/mol. The quantitative estimate of drug-likeness (QED) is 0.727. The van der Waals surface area contributed by atoms with Crippen LogP contribution >= 0.6 is 0 Å². The lowest BCUT2D eigenvalue weighted by atomic mass is 10.1. The zero-order valence-electron chi connectivity index (χ0n) is 10.1. The van der Waals surface area contributed by atoms with Crippen LogP contribution in [0.25, 0.3) is 0 Å². The Labute approximate surface area is 101 Å². The fourth-order valence-electron chi connectivity index (χ4n) is 2.65. The number of nitrogens with two attached hydrogens (primary N) is 1. The van der Waals surface area contributed by atoms with Gasteiger partial charge in [0.15, 0.2) is 0 Å². The van der Waals surface area contributed by atoms with Crippen molar-refractivity contribution in [1.29, 1.82) is 0 Å². The number of ether oxygens (including phenoxy) is 1. The summed E-state index contributed by atoms with van der Waals surface area (Å²) < 4.78 is 7.93. The van der Waals surface area contributed by atoms with Crippen LogP contribution in [0.15, 0.2) is 6.20 Å². The predicted octanol–water partition coefficient (Wildman–Crippen LogP) is -0.478. The number of imidazole rings is 1. The number of aromatic nitrogens is 2. The molecule has 3 rings (SSSR count). The molecule has 1 atom stereocenters. The lowest BCUT2D eigenvalue weighted by molar-refractivity contribution is 0.0534. The van der Waals surface area contributed by atoms with E-state index in [-0.39, 0.29) is 5.60 Å². The van der Waals surface area contributed by atoms with Gasteiger partial charge in [-0.05, 0) is 6.92 Å². The molecule has 2 aliphatic heterocycles. The number of nitrogens with one attached hydrogen (secondary N) is 1. The van der Waals surface area contributed by atoms with Gasteiger partial charge in [-0.1, -0.05) is 0 Å². The second-order valence-electron chi connectivity index (χ2n) is 5.15. The molecule has 2 aliphatic rings. The zero-order valence-corrected chi connectivity index (χ0v) is 10.1. The minimum absolute atomic E-state index is 0.173. The summed E-state index contributed by atoms with van der Waals surface area (Å²) in [7, 11) is 0. The van der Waals surface area contributed by atoms with Gasteiger partial charge in [0.1, 0.15) is 11.4 Å². The van der Waals surface area contributed by atoms with Crippen LogP contribution in [0, 0.1) is 0 Å². The summed E-state index contributed by atoms with van der Waals surface area (Å²) in [6, 6.07) is 0.653. The van der Waals surface area contributed by atoms with E-state index in [0.717, 1.165) is 39.3 Å². The van der Waals surface area contributed by atoms with Gasteiger partial charge in [-0.15, -0.1) is 0 Å². The van der Waals surface area contributed by atoms with Crippen molar-refractivity contribution in [3.63, 3.8) is 0 Å². The first-order valence-electron chi connectivity index (χ1n) is 6.09. The van der Waals surface area contributed by atoms with Gasteiger partial charge in [0.2, 0.25) is 0 Å². The maximum absolute atomic E-state index is 5.93. The highest BCUT2D eigenvalue weighted by Gasteiger charge is 2.37. The van der Waals surface area contributed by atoms with E-state index in [1.807, 2.05) is 10.8 Å². The number of fused-ring (bicyclic) bond motifs is 1. The number of nitrogens with zero attached hydrogens (tertiary/aromatic N) is 3. The Hall–Kier alpha value is -1.27. The molecule has 1 fully saturated rings. The van der Waals surface area contributed by atoms with E-state index >= 15 is 0 Å². The number of rotatable bonds is 2. The average molecular weight is 237 g/mol. The van der Waals surface area contributed by atoms with Crippen molar-refractivity contribution in [2.24, 2.45) is 0 Å². The Bertz CT molecular complexity index is 386. The number of hydrogen-bond donors (Lipinski definition) is 2. The first-order chi connectivity index (χ1) is 8.15. The maximum Gasteiger partial charge on any atom is 0.299 e. The second kappa shape index (κ2) is 3.89. The Morgan fingerprint density at radius 3 is 3.00 bits per heavy atom. The van der Waals surface area contributed by atoms with Crippen LogP contribution in [0.1, 0.15) is 6.92 Å². The van der Waals surface area contributed by atoms with Gasteiger partial charge in [-0.25, -0.2) is 0 Å². The van der Waals surface area contributed by atoms with Gasteiger partial charge < -0.3 is 15.8 Å². The molecule has 17 heavy (non-hydrogen) atoms. The molecule has 0 bridgehead atoms. The van der Waals surface area contributed by atoms with Gasteiger partial charge in [0, 0.05) is 32.7 Å². The number of nitrogen functional groups attached to an aromatic ring is 1. The SMILES string of the molecule is CC1(CN2CCNCC2)Cn2cc(N)nc2O1. The molecular weight excluding hydrogens is 218 g/mol. The van der Waals surface area contributed by atoms with E-state index in [4.69, 9.17) is 10.5 Å². The minimum atomic E-state index is -0.173. The molecular formula is C11H19N5O. The molecule has 94 valence electrons. The fraction of sp³-hybridized carbons (Fsp3) is 0.727. The normalized spacial score (nSPS) is 29.0. The third-order valence-corrected chi connectivity index (χ3v) is 3.37. The van der Waals surface area contributed by atoms with Gasteiger partial charge in [0.05, 0.1) is 12.7 Å². The van der Waals surface area contributed by atoms with Crippen LogP contribution in [-0.4, -0.2) is 52.8 Å². The molecule has 0 aromatic carbocycles. The topological polar surface area (TPSA) is 68.3 Å². The van der Waals surface area contributed by atoms with Gasteiger partial charge in [-0.3, -0.25) is 9.47 Å². The van der Waals surface area contributed by atoms with Crippen molar-refractivity contribution in [2.75, 3.05) is 38.5 Å². The summed E-state index contributed by atoms with van der Waals surface area (Å²) in [6.07, 6.45) is 1.85. The molecule has 0 aliphatic carbocycles. The lowest BCUT2D eigenvalue weighted by Crippen LogP contribution is -2.51. The number of hydrogen-bond acceptors (Lipinski definition) is 5. The first kappa shape index (κ1) is 10.9. The minimum Gasteiger partial charge on any atom is -0.455 e. The summed E-state index contributed by atoms with van der Waals surface area (Å²) in [5.74, 6) is 0.532. The smallest absolute Gasteiger partial charge is 0.299 e. The summed E-state index contributed by atoms with van der Waals surface area (Å²) in [6.45, 7) is 8.21. The Kier molecular flexibility index (Phi) is 2.48. The summed E-state index contributed by atoms with van der Waals surface area (Å²) >= 11 is 0. The molecule has 0 saturated carbocycles. The summed E-state index contributed by atoms with van der Waals surface area (Å²) in [5, 5.41) is 3.36. The summed E-state index contributed by atoms with van der Waals surface area (Å²) in [5.41, 5.74) is 5.46. The third-order valence-electron chi connectivity index (χ3n) is 3.37. The van der Waals surface area contributed by atoms with Crippen molar-refractivity contribution in [3.8, 4) is 6.01 Å². The van der Waals surface area contributed by atoms with E-state index in [1.165, 1.54) is 0 Å². The standard InChI is InChI=1S/C11H19N5O/c1-11(7-15-4-2-13-3-5-15)8-16-6-9(12)14-10(16)17-11/h6,13H,2-5,7-8,12H2,1H3. The highest BCUT2D eigenvalue weighted by atomic mass is 16.5. The molecule has 1 aromatic rings. The van der Waals surface area contributed by atoms with Crippen molar-refractivity contribution in [3.05, 3.63) is 6.20 Å². The molecule has 1 unspecified atom stereocenters. The van der Waals surface area contributed by atoms with Gasteiger partial charge >= 0.3 is 0 Å². The molecule has 6 heteroatoms. The van der Waals surface area contributed by atoms with E-state index in [9.17, 15) is 0 Å². The van der Waals surface area contributed by atoms with Gasteiger partial charge in [0.25, 0.3) is 6.01 Å². The van der Waals surface area contributed by atoms with E-state index < -0.39 is 0 Å². The van der Waals surface area contributed by atoms with E-state index in [1.54, 1.807) is 0 Å². The molecule has 6 nitrogen and oxygen atoms in total. The second-order valence-corrected chi connectivity index (χ2v) is 5.15. The van der Waals surface area contributed by atoms with Crippen LogP contribution in [0.5, 0.6) is 6.01 Å². The van der Waals surface area contributed by atoms with Crippen molar-refractivity contribution in [2.45, 2.75) is 19.1 Å².